The molecule has 0 aliphatic carbocycles. The number of urea groups is 1. The number of amides is 3. The molecule has 3 amide bonds. The highest BCUT2D eigenvalue weighted by molar-refractivity contribution is 7.22. The average molecular weight is 422 g/mol. The molecule has 9 nitrogen and oxygen atoms in total. The summed E-state index contributed by atoms with van der Waals surface area (Å²) >= 11 is 1.31. The zero-order valence-corrected chi connectivity index (χ0v) is 17.7. The molecule has 1 aromatic carbocycles. The van der Waals surface area contributed by atoms with E-state index < -0.39 is 5.60 Å². The highest BCUT2D eigenvalue weighted by atomic mass is 32.1. The van der Waals surface area contributed by atoms with Crippen LogP contribution < -0.4 is 10.6 Å². The molecular formula is C19H27N5O4S. The third-order valence-electron chi connectivity index (χ3n) is 4.33. The van der Waals surface area contributed by atoms with Gasteiger partial charge in [0, 0.05) is 39.3 Å². The van der Waals surface area contributed by atoms with Crippen LogP contribution in [0, 0.1) is 0 Å². The molecule has 3 N–H and O–H groups in total. The number of carbonyl (C=O) groups is 2. The fourth-order valence-corrected chi connectivity index (χ4v) is 3.81. The van der Waals surface area contributed by atoms with Crippen molar-refractivity contribution in [2.24, 2.45) is 0 Å². The van der Waals surface area contributed by atoms with Crippen LogP contribution in [0.15, 0.2) is 18.2 Å². The molecule has 29 heavy (non-hydrogen) atoms. The number of piperazine rings is 1. The molecule has 1 aliphatic heterocycles. The first-order valence-electron chi connectivity index (χ1n) is 9.54. The number of nitrogens with zero attached hydrogens (tertiary/aromatic N) is 3. The minimum absolute atomic E-state index is 0.170. The van der Waals surface area contributed by atoms with Gasteiger partial charge in [-0.2, -0.15) is 0 Å². The Bertz CT molecular complexity index is 871. The van der Waals surface area contributed by atoms with E-state index in [0.29, 0.717) is 31.3 Å². The Balaban J connectivity index is 1.37. The number of aromatic hydroxyl groups is 1. The Hall–Kier alpha value is -2.59. The summed E-state index contributed by atoms with van der Waals surface area (Å²) in [6, 6.07) is 4.57. The maximum absolute atomic E-state index is 12.1. The van der Waals surface area contributed by atoms with E-state index in [2.05, 4.69) is 20.5 Å². The summed E-state index contributed by atoms with van der Waals surface area (Å²) in [5.74, 6) is 0.170. The van der Waals surface area contributed by atoms with Gasteiger partial charge in [0.15, 0.2) is 5.13 Å². The lowest BCUT2D eigenvalue weighted by Gasteiger charge is -2.35. The van der Waals surface area contributed by atoms with E-state index >= 15 is 0 Å². The van der Waals surface area contributed by atoms with Gasteiger partial charge in [0.25, 0.3) is 0 Å². The lowest BCUT2D eigenvalue weighted by Crippen LogP contribution is -2.51. The van der Waals surface area contributed by atoms with E-state index in [0.717, 1.165) is 23.3 Å². The summed E-state index contributed by atoms with van der Waals surface area (Å²) in [6.45, 7) is 9.46. The third kappa shape index (κ3) is 6.20. The highest BCUT2D eigenvalue weighted by Crippen LogP contribution is 2.28. The summed E-state index contributed by atoms with van der Waals surface area (Å²) in [5, 5.41) is 15.5. The van der Waals surface area contributed by atoms with Gasteiger partial charge < -0.3 is 20.1 Å². The summed E-state index contributed by atoms with van der Waals surface area (Å²) in [5.41, 5.74) is 0.237. The number of thiazole rings is 1. The molecule has 0 atom stereocenters. The maximum Gasteiger partial charge on any atom is 0.410 e. The van der Waals surface area contributed by atoms with E-state index in [1.807, 2.05) is 20.8 Å². The minimum atomic E-state index is -0.491. The molecule has 10 heteroatoms. The van der Waals surface area contributed by atoms with E-state index in [-0.39, 0.29) is 17.9 Å². The molecule has 0 unspecified atom stereocenters. The van der Waals surface area contributed by atoms with E-state index in [4.69, 9.17) is 4.74 Å². The number of anilines is 1. The first-order chi connectivity index (χ1) is 13.7. The number of rotatable bonds is 4. The topological polar surface area (TPSA) is 107 Å². The van der Waals surface area contributed by atoms with Crippen molar-refractivity contribution in [1.29, 1.82) is 0 Å². The van der Waals surface area contributed by atoms with Crippen molar-refractivity contribution in [3.05, 3.63) is 18.2 Å². The van der Waals surface area contributed by atoms with Gasteiger partial charge in [-0.05, 0) is 39.0 Å². The van der Waals surface area contributed by atoms with Crippen molar-refractivity contribution < 1.29 is 19.4 Å². The molecule has 2 aromatic rings. The van der Waals surface area contributed by atoms with Crippen molar-refractivity contribution in [2.75, 3.05) is 44.6 Å². The molecule has 0 bridgehead atoms. The van der Waals surface area contributed by atoms with Crippen LogP contribution in [-0.2, 0) is 4.74 Å². The van der Waals surface area contributed by atoms with E-state index in [1.165, 1.54) is 11.3 Å². The zero-order chi connectivity index (χ0) is 21.0. The van der Waals surface area contributed by atoms with Crippen LogP contribution in [0.2, 0.25) is 0 Å². The molecular weight excluding hydrogens is 394 g/mol. The number of nitrogens with one attached hydrogen (secondary N) is 2. The number of phenols is 1. The zero-order valence-electron chi connectivity index (χ0n) is 16.9. The Labute approximate surface area is 173 Å². The van der Waals surface area contributed by atoms with Crippen LogP contribution in [0.4, 0.5) is 14.7 Å². The molecule has 1 fully saturated rings. The number of fused-ring (bicyclic) bond motifs is 1. The predicted molar refractivity (Wildman–Crippen MR) is 113 cm³/mol. The van der Waals surface area contributed by atoms with Crippen molar-refractivity contribution in [3.63, 3.8) is 0 Å². The average Bonchev–Trinajstić information content (AvgIpc) is 3.02. The number of hydrogen-bond acceptors (Lipinski definition) is 7. The van der Waals surface area contributed by atoms with Gasteiger partial charge in [0.05, 0.1) is 10.2 Å². The first-order valence-corrected chi connectivity index (χ1v) is 10.4. The predicted octanol–water partition coefficient (Wildman–Crippen LogP) is 2.68. The summed E-state index contributed by atoms with van der Waals surface area (Å²) in [7, 11) is 0. The molecule has 1 saturated heterocycles. The van der Waals surface area contributed by atoms with E-state index in [9.17, 15) is 14.7 Å². The third-order valence-corrected chi connectivity index (χ3v) is 5.26. The summed E-state index contributed by atoms with van der Waals surface area (Å²) in [6.07, 6.45) is -0.279. The SMILES string of the molecule is CC(C)(C)OC(=O)N1CCN(CCNC(=O)Nc2nc3ccc(O)cc3s2)CC1. The van der Waals surface area contributed by atoms with Crippen molar-refractivity contribution >= 4 is 38.8 Å². The van der Waals surface area contributed by atoms with Crippen LogP contribution in [0.3, 0.4) is 0 Å². The van der Waals surface area contributed by atoms with Gasteiger partial charge >= 0.3 is 12.1 Å². The van der Waals surface area contributed by atoms with Crippen LogP contribution in [0.1, 0.15) is 20.8 Å². The van der Waals surface area contributed by atoms with Crippen molar-refractivity contribution in [3.8, 4) is 5.75 Å². The second-order valence-corrected chi connectivity index (χ2v) is 8.89. The Morgan fingerprint density at radius 1 is 1.24 bits per heavy atom. The number of phenolic OH excluding ortho intramolecular Hbond substituents is 1. The Kier molecular flexibility index (Phi) is 6.43. The van der Waals surface area contributed by atoms with Gasteiger partial charge in [0.1, 0.15) is 11.4 Å². The number of benzene rings is 1. The van der Waals surface area contributed by atoms with Crippen LogP contribution in [-0.4, -0.2) is 76.9 Å². The number of carbonyl (C=O) groups excluding carboxylic acids is 2. The molecule has 1 aromatic heterocycles. The minimum Gasteiger partial charge on any atom is -0.508 e. The lowest BCUT2D eigenvalue weighted by molar-refractivity contribution is 0.0147. The van der Waals surface area contributed by atoms with Gasteiger partial charge in [-0.15, -0.1) is 0 Å². The summed E-state index contributed by atoms with van der Waals surface area (Å²) < 4.78 is 6.20. The Morgan fingerprint density at radius 2 is 1.97 bits per heavy atom. The van der Waals surface area contributed by atoms with Crippen molar-refractivity contribution in [1.82, 2.24) is 20.1 Å². The standard InChI is InChI=1S/C19H27N5O4S/c1-19(2,3)28-18(27)24-10-8-23(9-11-24)7-6-20-16(26)22-17-21-14-5-4-13(25)12-15(14)29-17/h4-5,12,25H,6-11H2,1-3H3,(H2,20,21,22,26). The van der Waals surface area contributed by atoms with Crippen LogP contribution in [0.25, 0.3) is 10.2 Å². The second-order valence-electron chi connectivity index (χ2n) is 7.86. The van der Waals surface area contributed by atoms with Gasteiger partial charge in [-0.1, -0.05) is 11.3 Å². The van der Waals surface area contributed by atoms with Crippen molar-refractivity contribution in [2.45, 2.75) is 26.4 Å². The monoisotopic (exact) mass is 421 g/mol. The van der Waals surface area contributed by atoms with Crippen LogP contribution >= 0.6 is 11.3 Å². The lowest BCUT2D eigenvalue weighted by atomic mass is 10.2. The quantitative estimate of drug-likeness (QED) is 0.701. The molecule has 0 saturated carbocycles. The fourth-order valence-electron chi connectivity index (χ4n) is 2.92. The second kappa shape index (κ2) is 8.83. The maximum atomic E-state index is 12.1. The molecule has 158 valence electrons. The largest absolute Gasteiger partial charge is 0.508 e. The van der Waals surface area contributed by atoms with E-state index in [1.54, 1.807) is 23.1 Å². The smallest absolute Gasteiger partial charge is 0.410 e. The molecule has 2 heterocycles. The van der Waals surface area contributed by atoms with Crippen LogP contribution in [0.5, 0.6) is 5.75 Å². The molecule has 1 aliphatic rings. The normalized spacial score (nSPS) is 15.3. The number of ether oxygens (including phenoxy) is 1. The number of aromatic nitrogens is 1. The number of hydrogen-bond donors (Lipinski definition) is 3. The molecule has 3 rings (SSSR count). The van der Waals surface area contributed by atoms with Gasteiger partial charge in [-0.3, -0.25) is 10.2 Å². The van der Waals surface area contributed by atoms with Gasteiger partial charge in [-0.25, -0.2) is 14.6 Å². The molecule has 0 spiro atoms. The summed E-state index contributed by atoms with van der Waals surface area (Å²) in [4.78, 5) is 32.4. The highest BCUT2D eigenvalue weighted by Gasteiger charge is 2.25. The Morgan fingerprint density at radius 3 is 2.66 bits per heavy atom. The fraction of sp³-hybridized carbons (Fsp3) is 0.526. The first kappa shape index (κ1) is 21.1. The molecule has 0 radical (unpaired) electrons. The van der Waals surface area contributed by atoms with Gasteiger partial charge in [0.2, 0.25) is 0 Å².